The van der Waals surface area contributed by atoms with E-state index in [-0.39, 0.29) is 0 Å². The summed E-state index contributed by atoms with van der Waals surface area (Å²) in [7, 11) is 3.93. The predicted molar refractivity (Wildman–Crippen MR) is 106 cm³/mol. The number of likely N-dealkylation sites (tertiary alicyclic amines) is 1. The normalized spacial score (nSPS) is 18.2. The molecule has 1 atom stereocenters. The van der Waals surface area contributed by atoms with Crippen molar-refractivity contribution in [3.8, 4) is 5.75 Å². The van der Waals surface area contributed by atoms with Crippen LogP contribution >= 0.6 is 0 Å². The molecule has 1 unspecified atom stereocenters. The number of piperidine rings is 1. The molecule has 4 nitrogen and oxygen atoms in total. The van der Waals surface area contributed by atoms with Crippen molar-refractivity contribution in [3.63, 3.8) is 0 Å². The van der Waals surface area contributed by atoms with E-state index in [1.807, 2.05) is 12.3 Å². The molecule has 1 aromatic heterocycles. The molecule has 1 aromatic carbocycles. The zero-order valence-corrected chi connectivity index (χ0v) is 16.1. The third kappa shape index (κ3) is 5.82. The Labute approximate surface area is 157 Å². The van der Waals surface area contributed by atoms with Crippen LogP contribution in [0.5, 0.6) is 5.75 Å². The molecule has 26 heavy (non-hydrogen) atoms. The van der Waals surface area contributed by atoms with E-state index in [9.17, 15) is 0 Å². The van der Waals surface area contributed by atoms with Crippen molar-refractivity contribution in [2.45, 2.75) is 25.8 Å². The number of aromatic nitrogens is 1. The first-order chi connectivity index (χ1) is 12.7. The average Bonchev–Trinajstić information content (AvgIpc) is 2.68. The average molecular weight is 354 g/mol. The van der Waals surface area contributed by atoms with E-state index in [2.05, 4.69) is 58.2 Å². The quantitative estimate of drug-likeness (QED) is 0.726. The molecule has 2 aromatic rings. The summed E-state index contributed by atoms with van der Waals surface area (Å²) < 4.78 is 5.24. The van der Waals surface area contributed by atoms with Crippen molar-refractivity contribution in [1.29, 1.82) is 0 Å². The first-order valence-corrected chi connectivity index (χ1v) is 9.66. The van der Waals surface area contributed by atoms with Gasteiger partial charge in [-0.05, 0) is 68.6 Å². The minimum atomic E-state index is 0.758. The lowest BCUT2D eigenvalue weighted by Crippen LogP contribution is -2.40. The summed E-state index contributed by atoms with van der Waals surface area (Å²) in [5, 5.41) is 0. The van der Waals surface area contributed by atoms with Crippen LogP contribution in [0.3, 0.4) is 0 Å². The van der Waals surface area contributed by atoms with Crippen LogP contribution in [-0.2, 0) is 13.0 Å². The fourth-order valence-electron chi connectivity index (χ4n) is 3.86. The van der Waals surface area contributed by atoms with E-state index in [4.69, 9.17) is 4.74 Å². The summed E-state index contributed by atoms with van der Waals surface area (Å²) in [6.07, 6.45) is 5.64. The van der Waals surface area contributed by atoms with E-state index < -0.39 is 0 Å². The van der Waals surface area contributed by atoms with Gasteiger partial charge in [0, 0.05) is 32.4 Å². The van der Waals surface area contributed by atoms with Gasteiger partial charge >= 0.3 is 0 Å². The fourth-order valence-corrected chi connectivity index (χ4v) is 3.86. The van der Waals surface area contributed by atoms with Crippen molar-refractivity contribution < 1.29 is 4.74 Å². The van der Waals surface area contributed by atoms with Crippen LogP contribution in [0.4, 0.5) is 0 Å². The number of hydrogen-bond donors (Lipinski definition) is 0. The second kappa shape index (κ2) is 9.70. The van der Waals surface area contributed by atoms with E-state index in [1.54, 1.807) is 7.11 Å². The van der Waals surface area contributed by atoms with E-state index in [0.717, 1.165) is 43.4 Å². The second-order valence-electron chi connectivity index (χ2n) is 7.42. The number of nitrogens with zero attached hydrogens (tertiary/aromatic N) is 3. The zero-order chi connectivity index (χ0) is 18.2. The van der Waals surface area contributed by atoms with E-state index >= 15 is 0 Å². The Morgan fingerprint density at radius 2 is 2.04 bits per heavy atom. The van der Waals surface area contributed by atoms with Crippen molar-refractivity contribution >= 4 is 0 Å². The molecule has 1 fully saturated rings. The van der Waals surface area contributed by atoms with Gasteiger partial charge in [0.1, 0.15) is 5.75 Å². The van der Waals surface area contributed by atoms with Gasteiger partial charge in [0.15, 0.2) is 0 Å². The van der Waals surface area contributed by atoms with Crippen molar-refractivity contribution in [2.75, 3.05) is 40.3 Å². The highest BCUT2D eigenvalue weighted by atomic mass is 16.5. The predicted octanol–water partition coefficient (Wildman–Crippen LogP) is 3.48. The fraction of sp³-hybridized carbons (Fsp3) is 0.500. The minimum absolute atomic E-state index is 0.758. The SMILES string of the molecule is COc1ccc(CCN2CCCC(CN(C)Cc3ccccn3)C2)cc1. The van der Waals surface area contributed by atoms with Crippen LogP contribution in [0.1, 0.15) is 24.1 Å². The highest BCUT2D eigenvalue weighted by Crippen LogP contribution is 2.19. The van der Waals surface area contributed by atoms with Gasteiger partial charge in [-0.15, -0.1) is 0 Å². The number of pyridine rings is 1. The summed E-state index contributed by atoms with van der Waals surface area (Å²) >= 11 is 0. The molecular weight excluding hydrogens is 322 g/mol. The lowest BCUT2D eigenvalue weighted by molar-refractivity contribution is 0.142. The van der Waals surface area contributed by atoms with E-state index in [1.165, 1.54) is 31.5 Å². The van der Waals surface area contributed by atoms with Crippen LogP contribution in [0.15, 0.2) is 48.7 Å². The maximum absolute atomic E-state index is 5.24. The molecule has 1 aliphatic heterocycles. The summed E-state index contributed by atoms with van der Waals surface area (Å²) in [5.41, 5.74) is 2.54. The molecule has 140 valence electrons. The summed E-state index contributed by atoms with van der Waals surface area (Å²) in [6, 6.07) is 14.6. The summed E-state index contributed by atoms with van der Waals surface area (Å²) in [5.74, 6) is 1.69. The molecule has 0 aliphatic carbocycles. The molecule has 3 rings (SSSR count). The molecule has 0 radical (unpaired) electrons. The Balaban J connectivity index is 1.43. The van der Waals surface area contributed by atoms with Gasteiger partial charge < -0.3 is 14.5 Å². The standard InChI is InChI=1S/C22H31N3O/c1-24(18-21-7-3-4-13-23-21)16-20-6-5-14-25(17-20)15-12-19-8-10-22(26-2)11-9-19/h3-4,7-11,13,20H,5-6,12,14-18H2,1-2H3. The van der Waals surface area contributed by atoms with Gasteiger partial charge in [-0.25, -0.2) is 0 Å². The molecule has 1 saturated heterocycles. The Morgan fingerprint density at radius 3 is 2.77 bits per heavy atom. The summed E-state index contributed by atoms with van der Waals surface area (Å²) in [6.45, 7) is 5.67. The lowest BCUT2D eigenvalue weighted by Gasteiger charge is -2.34. The molecule has 4 heteroatoms. The Morgan fingerprint density at radius 1 is 1.19 bits per heavy atom. The Bertz CT molecular complexity index is 644. The van der Waals surface area contributed by atoms with Gasteiger partial charge in [0.2, 0.25) is 0 Å². The topological polar surface area (TPSA) is 28.6 Å². The zero-order valence-electron chi connectivity index (χ0n) is 16.1. The Kier molecular flexibility index (Phi) is 7.04. The van der Waals surface area contributed by atoms with Gasteiger partial charge in [0.05, 0.1) is 12.8 Å². The maximum atomic E-state index is 5.24. The molecule has 0 amide bonds. The lowest BCUT2D eigenvalue weighted by atomic mass is 9.97. The first kappa shape index (κ1) is 18.9. The third-order valence-electron chi connectivity index (χ3n) is 5.21. The van der Waals surface area contributed by atoms with Gasteiger partial charge in [-0.2, -0.15) is 0 Å². The molecule has 2 heterocycles. The molecule has 1 aliphatic rings. The van der Waals surface area contributed by atoms with Crippen LogP contribution in [0, 0.1) is 5.92 Å². The van der Waals surface area contributed by atoms with Crippen molar-refractivity contribution in [2.24, 2.45) is 5.92 Å². The number of rotatable bonds is 8. The van der Waals surface area contributed by atoms with Crippen molar-refractivity contribution in [1.82, 2.24) is 14.8 Å². The van der Waals surface area contributed by atoms with Crippen LogP contribution < -0.4 is 4.74 Å². The molecular formula is C22H31N3O. The van der Waals surface area contributed by atoms with E-state index in [0.29, 0.717) is 0 Å². The minimum Gasteiger partial charge on any atom is -0.497 e. The van der Waals surface area contributed by atoms with Crippen LogP contribution in [-0.4, -0.2) is 55.1 Å². The maximum Gasteiger partial charge on any atom is 0.118 e. The van der Waals surface area contributed by atoms with Gasteiger partial charge in [0.25, 0.3) is 0 Å². The number of benzene rings is 1. The number of methoxy groups -OCH3 is 1. The molecule has 0 N–H and O–H groups in total. The van der Waals surface area contributed by atoms with Crippen LogP contribution in [0.25, 0.3) is 0 Å². The van der Waals surface area contributed by atoms with Crippen LogP contribution in [0.2, 0.25) is 0 Å². The molecule has 0 saturated carbocycles. The first-order valence-electron chi connectivity index (χ1n) is 9.66. The van der Waals surface area contributed by atoms with Gasteiger partial charge in [-0.3, -0.25) is 4.98 Å². The highest BCUT2D eigenvalue weighted by Gasteiger charge is 2.21. The monoisotopic (exact) mass is 353 g/mol. The summed E-state index contributed by atoms with van der Waals surface area (Å²) in [4.78, 5) is 9.49. The third-order valence-corrected chi connectivity index (χ3v) is 5.21. The smallest absolute Gasteiger partial charge is 0.118 e. The number of ether oxygens (including phenoxy) is 1. The molecule has 0 bridgehead atoms. The molecule has 0 spiro atoms. The Hall–Kier alpha value is -1.91. The second-order valence-corrected chi connectivity index (χ2v) is 7.42. The largest absolute Gasteiger partial charge is 0.497 e. The number of hydrogen-bond acceptors (Lipinski definition) is 4. The van der Waals surface area contributed by atoms with Gasteiger partial charge in [-0.1, -0.05) is 18.2 Å². The van der Waals surface area contributed by atoms with Crippen molar-refractivity contribution in [3.05, 3.63) is 59.9 Å². The highest BCUT2D eigenvalue weighted by molar-refractivity contribution is 5.27.